The third-order valence-electron chi connectivity index (χ3n) is 9.04. The van der Waals surface area contributed by atoms with Gasteiger partial charge in [-0.2, -0.15) is 4.31 Å². The molecule has 3 saturated heterocycles. The van der Waals surface area contributed by atoms with E-state index in [1.54, 1.807) is 12.3 Å². The van der Waals surface area contributed by atoms with Crippen LogP contribution in [0.15, 0.2) is 59.6 Å². The monoisotopic (exact) mass is 684 g/mol. The molecule has 0 bridgehead atoms. The molecule has 0 saturated carbocycles. The zero-order valence-electron chi connectivity index (χ0n) is 27.2. The maximum absolute atomic E-state index is 14.2. The lowest BCUT2D eigenvalue weighted by Gasteiger charge is -2.31. The lowest BCUT2D eigenvalue weighted by molar-refractivity contribution is -0.110. The summed E-state index contributed by atoms with van der Waals surface area (Å²) < 4.78 is 52.0. The molecule has 48 heavy (non-hydrogen) atoms. The van der Waals surface area contributed by atoms with Crippen LogP contribution in [-0.4, -0.2) is 112 Å². The van der Waals surface area contributed by atoms with E-state index in [1.807, 2.05) is 49.1 Å². The van der Waals surface area contributed by atoms with Crippen LogP contribution in [0, 0.1) is 11.8 Å². The number of aliphatic hydroxyl groups is 1. The number of rotatable bonds is 12. The van der Waals surface area contributed by atoms with E-state index in [2.05, 4.69) is 10.6 Å². The van der Waals surface area contributed by atoms with E-state index in [-0.39, 0.29) is 55.0 Å². The number of amides is 2. The Hall–Kier alpha value is -3.53. The largest absolute Gasteiger partial charge is 0.443 e. The number of fused-ring (bicyclic) bond motifs is 2. The highest BCUT2D eigenvalue weighted by Gasteiger charge is 2.44. The highest BCUT2D eigenvalue weighted by Crippen LogP contribution is 2.35. The summed E-state index contributed by atoms with van der Waals surface area (Å²) in [5.74, 6) is -0.430. The minimum Gasteiger partial charge on any atom is -0.443 e. The van der Waals surface area contributed by atoms with E-state index in [1.165, 1.54) is 16.4 Å². The van der Waals surface area contributed by atoms with Gasteiger partial charge in [0.25, 0.3) is 5.91 Å². The van der Waals surface area contributed by atoms with Crippen molar-refractivity contribution in [3.05, 3.63) is 65.9 Å². The molecule has 0 aromatic heterocycles. The van der Waals surface area contributed by atoms with Gasteiger partial charge in [0.15, 0.2) is 6.29 Å². The Kier molecular flexibility index (Phi) is 10.7. The number of nitrogens with zero attached hydrogens (tertiary/aromatic N) is 2. The van der Waals surface area contributed by atoms with Gasteiger partial charge in [-0.15, -0.1) is 0 Å². The summed E-state index contributed by atoms with van der Waals surface area (Å²) in [4.78, 5) is 28.0. The highest BCUT2D eigenvalue weighted by molar-refractivity contribution is 7.89. The van der Waals surface area contributed by atoms with Crippen molar-refractivity contribution in [2.24, 2.45) is 11.8 Å². The van der Waals surface area contributed by atoms with Gasteiger partial charge in [0.2, 0.25) is 10.0 Å². The van der Waals surface area contributed by atoms with E-state index >= 15 is 0 Å². The molecule has 0 spiro atoms. The van der Waals surface area contributed by atoms with Gasteiger partial charge >= 0.3 is 6.09 Å². The molecular formula is C34H44N4O9S. The van der Waals surface area contributed by atoms with Crippen LogP contribution in [-0.2, 0) is 40.2 Å². The molecule has 4 aliphatic rings. The Morgan fingerprint density at radius 2 is 1.90 bits per heavy atom. The fourth-order valence-corrected chi connectivity index (χ4v) is 8.18. The summed E-state index contributed by atoms with van der Waals surface area (Å²) in [6.07, 6.45) is -0.154. The van der Waals surface area contributed by atoms with Crippen molar-refractivity contribution in [2.45, 2.75) is 56.1 Å². The number of hydrogen-bond acceptors (Lipinski definition) is 10. The molecule has 2 aromatic rings. The van der Waals surface area contributed by atoms with Gasteiger partial charge < -0.3 is 39.6 Å². The number of carbonyl (C=O) groups is 2. The first-order chi connectivity index (χ1) is 23.1. The molecule has 2 aromatic carbocycles. The summed E-state index contributed by atoms with van der Waals surface area (Å²) in [7, 11) is -4.15. The maximum atomic E-state index is 14.2. The number of carbonyl (C=O) groups excluding carboxylic acids is 2. The predicted molar refractivity (Wildman–Crippen MR) is 176 cm³/mol. The summed E-state index contributed by atoms with van der Waals surface area (Å²) >= 11 is 0. The third-order valence-corrected chi connectivity index (χ3v) is 10.9. The minimum absolute atomic E-state index is 0.0000240. The van der Waals surface area contributed by atoms with Gasteiger partial charge in [0, 0.05) is 43.6 Å². The summed E-state index contributed by atoms with van der Waals surface area (Å²) in [5.41, 5.74) is 2.26. The van der Waals surface area contributed by atoms with Crippen LogP contribution in [0.2, 0.25) is 0 Å². The molecule has 14 heteroatoms. The van der Waals surface area contributed by atoms with Gasteiger partial charge in [0.05, 0.1) is 55.0 Å². The highest BCUT2D eigenvalue weighted by atomic mass is 32.2. The molecule has 5 atom stereocenters. The molecule has 5 unspecified atom stereocenters. The van der Waals surface area contributed by atoms with Crippen LogP contribution in [0.3, 0.4) is 0 Å². The van der Waals surface area contributed by atoms with Crippen molar-refractivity contribution in [3.63, 3.8) is 0 Å². The van der Waals surface area contributed by atoms with Crippen molar-refractivity contribution in [1.29, 1.82) is 0 Å². The van der Waals surface area contributed by atoms with Crippen LogP contribution >= 0.6 is 0 Å². The second-order valence-electron chi connectivity index (χ2n) is 13.0. The lowest BCUT2D eigenvalue weighted by atomic mass is 10.0. The van der Waals surface area contributed by atoms with Gasteiger partial charge in [-0.3, -0.25) is 4.79 Å². The molecule has 2 amide bonds. The van der Waals surface area contributed by atoms with Crippen molar-refractivity contribution < 1.29 is 42.1 Å². The molecule has 3 N–H and O–H groups in total. The van der Waals surface area contributed by atoms with E-state index in [0.29, 0.717) is 49.7 Å². The summed E-state index contributed by atoms with van der Waals surface area (Å²) in [5, 5.41) is 17.3. The molecule has 4 heterocycles. The summed E-state index contributed by atoms with van der Waals surface area (Å²) in [6.45, 7) is 6.72. The fourth-order valence-electron chi connectivity index (χ4n) is 6.53. The Bertz CT molecular complexity index is 1600. The molecule has 260 valence electrons. The zero-order chi connectivity index (χ0) is 33.8. The number of hydrogen-bond donors (Lipinski definition) is 3. The predicted octanol–water partition coefficient (Wildman–Crippen LogP) is 2.42. The molecule has 13 nitrogen and oxygen atoms in total. The van der Waals surface area contributed by atoms with E-state index < -0.39 is 34.4 Å². The zero-order valence-corrected chi connectivity index (χ0v) is 28.1. The Morgan fingerprint density at radius 1 is 1.12 bits per heavy atom. The molecule has 0 aliphatic carbocycles. The number of anilines is 1. The number of ether oxygens (including phenoxy) is 4. The first kappa shape index (κ1) is 34.3. The van der Waals surface area contributed by atoms with Crippen LogP contribution in [0.4, 0.5) is 10.5 Å². The van der Waals surface area contributed by atoms with Gasteiger partial charge in [-0.05, 0) is 42.5 Å². The van der Waals surface area contributed by atoms with E-state index in [0.717, 1.165) is 12.0 Å². The average molecular weight is 685 g/mol. The van der Waals surface area contributed by atoms with Crippen LogP contribution in [0.25, 0.3) is 5.57 Å². The van der Waals surface area contributed by atoms with Crippen LogP contribution in [0.1, 0.15) is 31.4 Å². The molecular weight excluding hydrogens is 640 g/mol. The quantitative estimate of drug-likeness (QED) is 0.284. The smallest absolute Gasteiger partial charge is 0.407 e. The lowest BCUT2D eigenvalue weighted by Crippen LogP contribution is -2.51. The van der Waals surface area contributed by atoms with Crippen molar-refractivity contribution in [3.8, 4) is 0 Å². The molecule has 4 aliphatic heterocycles. The topological polar surface area (TPSA) is 156 Å². The second kappa shape index (κ2) is 14.9. The maximum Gasteiger partial charge on any atom is 0.407 e. The number of benzene rings is 2. The van der Waals surface area contributed by atoms with Crippen molar-refractivity contribution >= 4 is 33.3 Å². The van der Waals surface area contributed by atoms with Crippen molar-refractivity contribution in [2.75, 3.05) is 57.9 Å². The standard InChI is InChI=1S/C34H44N4O9S/c1-22(2)18-38(48(42,43)24-8-9-28-26(17-24)27(32(40)35-28)19-37-11-14-44-15-12-37)20-30(39)29(16-23-6-4-3-5-7-23)36-34(41)47-31-21-46-33-25(31)10-13-45-33/h3-9,17,19,22,25,29-31,33,39H,10-16,18,20-21H2,1-2H3,(H,35,40)(H,36,41). The Morgan fingerprint density at radius 3 is 2.65 bits per heavy atom. The number of alkyl carbamates (subject to hydrolysis) is 1. The third kappa shape index (κ3) is 7.85. The molecule has 6 rings (SSSR count). The van der Waals surface area contributed by atoms with Crippen LogP contribution < -0.4 is 10.6 Å². The van der Waals surface area contributed by atoms with Gasteiger partial charge in [-0.1, -0.05) is 44.2 Å². The average Bonchev–Trinajstić information content (AvgIpc) is 3.77. The summed E-state index contributed by atoms with van der Waals surface area (Å²) in [6, 6.07) is 13.0. The minimum atomic E-state index is -4.15. The van der Waals surface area contributed by atoms with Crippen molar-refractivity contribution in [1.82, 2.24) is 14.5 Å². The Balaban J connectivity index is 1.22. The number of morpholine rings is 1. The molecule has 3 fully saturated rings. The number of sulfonamides is 1. The van der Waals surface area contributed by atoms with E-state index in [4.69, 9.17) is 18.9 Å². The number of nitrogens with one attached hydrogen (secondary N) is 2. The Labute approximate surface area is 281 Å². The molecule has 0 radical (unpaired) electrons. The van der Waals surface area contributed by atoms with Gasteiger partial charge in [-0.25, -0.2) is 13.2 Å². The van der Waals surface area contributed by atoms with Crippen LogP contribution in [0.5, 0.6) is 0 Å². The second-order valence-corrected chi connectivity index (χ2v) is 15.0. The fraction of sp³-hybridized carbons (Fsp3) is 0.529. The van der Waals surface area contributed by atoms with E-state index in [9.17, 15) is 23.1 Å². The van der Waals surface area contributed by atoms with Gasteiger partial charge in [0.1, 0.15) is 6.10 Å². The SMILES string of the molecule is CC(C)CN(CC(O)C(Cc1ccccc1)NC(=O)OC1COC2OCCC12)S(=O)(=O)c1ccc2c(c1)C(=CN1CCOCC1)C(=O)N2. The normalized spacial score (nSPS) is 24.4. The first-order valence-corrected chi connectivity index (χ1v) is 17.9. The first-order valence-electron chi connectivity index (χ1n) is 16.5. The number of aliphatic hydroxyl groups excluding tert-OH is 1.